The van der Waals surface area contributed by atoms with Crippen LogP contribution >= 0.6 is 0 Å². The predicted octanol–water partition coefficient (Wildman–Crippen LogP) is 1.90. The predicted molar refractivity (Wildman–Crippen MR) is 59.0 cm³/mol. The zero-order valence-corrected chi connectivity index (χ0v) is 9.18. The van der Waals surface area contributed by atoms with Gasteiger partial charge in [0.05, 0.1) is 6.54 Å². The van der Waals surface area contributed by atoms with Crippen LogP contribution in [0.1, 0.15) is 30.3 Å². The second-order valence-electron chi connectivity index (χ2n) is 4.18. The first-order valence-corrected chi connectivity index (χ1v) is 5.50. The topological polar surface area (TPSA) is 55.9 Å². The highest BCUT2D eigenvalue weighted by atomic mass is 16.4. The summed E-state index contributed by atoms with van der Waals surface area (Å²) < 4.78 is 7.56. The van der Waals surface area contributed by atoms with Gasteiger partial charge in [-0.25, -0.2) is 0 Å². The van der Waals surface area contributed by atoms with Gasteiger partial charge in [-0.3, -0.25) is 0 Å². The van der Waals surface area contributed by atoms with Crippen molar-refractivity contribution in [3.05, 3.63) is 29.9 Å². The highest BCUT2D eigenvalue weighted by molar-refractivity contribution is 5.21. The minimum atomic E-state index is 0.512. The molecule has 2 aromatic heterocycles. The molecular formula is C11H14N4O. The summed E-state index contributed by atoms with van der Waals surface area (Å²) in [6.07, 6.45) is 4.37. The van der Waals surface area contributed by atoms with E-state index in [2.05, 4.69) is 26.1 Å². The van der Waals surface area contributed by atoms with Crippen molar-refractivity contribution in [2.24, 2.45) is 7.05 Å². The first-order chi connectivity index (χ1) is 7.83. The minimum absolute atomic E-state index is 0.512. The molecule has 16 heavy (non-hydrogen) atoms. The molecule has 5 heteroatoms. The summed E-state index contributed by atoms with van der Waals surface area (Å²) in [6.45, 7) is 0.704. The lowest BCUT2D eigenvalue weighted by atomic mass is 10.4. The third-order valence-corrected chi connectivity index (χ3v) is 2.84. The molecule has 1 aliphatic carbocycles. The van der Waals surface area contributed by atoms with Crippen molar-refractivity contribution < 1.29 is 4.42 Å². The molecule has 1 aliphatic rings. The van der Waals surface area contributed by atoms with Crippen molar-refractivity contribution in [2.45, 2.75) is 25.3 Å². The molecule has 1 saturated carbocycles. The molecule has 0 amide bonds. The van der Waals surface area contributed by atoms with Gasteiger partial charge in [-0.05, 0) is 25.0 Å². The van der Waals surface area contributed by atoms with E-state index < -0.39 is 0 Å². The zero-order chi connectivity index (χ0) is 11.0. The van der Waals surface area contributed by atoms with Crippen LogP contribution in [0.3, 0.4) is 0 Å². The van der Waals surface area contributed by atoms with Crippen molar-refractivity contribution in [2.75, 3.05) is 5.32 Å². The molecule has 5 nitrogen and oxygen atoms in total. The number of aryl methyl sites for hydroxylation is 1. The minimum Gasteiger partial charge on any atom is -0.408 e. The smallest absolute Gasteiger partial charge is 0.315 e. The van der Waals surface area contributed by atoms with Crippen LogP contribution in [0.5, 0.6) is 0 Å². The Morgan fingerprint density at radius 1 is 1.50 bits per heavy atom. The Kier molecular flexibility index (Phi) is 2.16. The summed E-state index contributed by atoms with van der Waals surface area (Å²) in [5, 5.41) is 11.1. The molecule has 0 bridgehead atoms. The van der Waals surface area contributed by atoms with Crippen LogP contribution in [0, 0.1) is 0 Å². The zero-order valence-electron chi connectivity index (χ0n) is 9.18. The quantitative estimate of drug-likeness (QED) is 0.851. The molecule has 0 radical (unpaired) electrons. The molecule has 0 atom stereocenters. The van der Waals surface area contributed by atoms with Gasteiger partial charge in [-0.15, -0.1) is 5.10 Å². The third kappa shape index (κ3) is 1.80. The fourth-order valence-corrected chi connectivity index (χ4v) is 1.65. The summed E-state index contributed by atoms with van der Waals surface area (Å²) >= 11 is 0. The fraction of sp³-hybridized carbons (Fsp3) is 0.455. The molecule has 2 heterocycles. The Bertz CT molecular complexity index is 484. The third-order valence-electron chi connectivity index (χ3n) is 2.84. The van der Waals surface area contributed by atoms with E-state index >= 15 is 0 Å². The number of hydrogen-bond acceptors (Lipinski definition) is 4. The summed E-state index contributed by atoms with van der Waals surface area (Å²) in [6, 6.07) is 4.59. The Morgan fingerprint density at radius 3 is 3.06 bits per heavy atom. The van der Waals surface area contributed by atoms with E-state index in [1.165, 1.54) is 18.5 Å². The number of hydrogen-bond donors (Lipinski definition) is 1. The molecule has 0 saturated heterocycles. The molecule has 3 rings (SSSR count). The summed E-state index contributed by atoms with van der Waals surface area (Å²) in [4.78, 5) is 0. The first kappa shape index (κ1) is 9.45. The van der Waals surface area contributed by atoms with E-state index in [0.29, 0.717) is 18.5 Å². The molecule has 0 aromatic carbocycles. The number of aromatic nitrogens is 3. The van der Waals surface area contributed by atoms with Gasteiger partial charge in [-0.2, -0.15) is 0 Å². The highest BCUT2D eigenvalue weighted by Crippen LogP contribution is 2.39. The van der Waals surface area contributed by atoms with E-state index in [4.69, 9.17) is 4.42 Å². The van der Waals surface area contributed by atoms with Crippen molar-refractivity contribution in [1.29, 1.82) is 0 Å². The average Bonchev–Trinajstić information content (AvgIpc) is 2.89. The molecule has 84 valence electrons. The number of nitrogens with zero attached hydrogens (tertiary/aromatic N) is 3. The maximum atomic E-state index is 5.50. The summed E-state index contributed by atoms with van der Waals surface area (Å²) in [5.41, 5.74) is 1.19. The van der Waals surface area contributed by atoms with Gasteiger partial charge in [0, 0.05) is 24.9 Å². The monoisotopic (exact) mass is 218 g/mol. The first-order valence-electron chi connectivity index (χ1n) is 5.50. The van der Waals surface area contributed by atoms with Crippen LogP contribution in [0.2, 0.25) is 0 Å². The molecule has 1 fully saturated rings. The van der Waals surface area contributed by atoms with Gasteiger partial charge in [0.15, 0.2) is 0 Å². The van der Waals surface area contributed by atoms with E-state index in [-0.39, 0.29) is 0 Å². The Labute approximate surface area is 93.5 Å². The highest BCUT2D eigenvalue weighted by Gasteiger charge is 2.29. The Morgan fingerprint density at radius 2 is 2.38 bits per heavy atom. The van der Waals surface area contributed by atoms with Crippen LogP contribution in [-0.2, 0) is 13.6 Å². The van der Waals surface area contributed by atoms with Gasteiger partial charge in [0.2, 0.25) is 5.89 Å². The van der Waals surface area contributed by atoms with Crippen LogP contribution in [0.4, 0.5) is 6.01 Å². The van der Waals surface area contributed by atoms with Crippen LogP contribution < -0.4 is 5.32 Å². The molecule has 0 unspecified atom stereocenters. The second-order valence-corrected chi connectivity index (χ2v) is 4.18. The molecular weight excluding hydrogens is 204 g/mol. The SMILES string of the molecule is Cn1cccc1CNc1nnc(C2CC2)o1. The normalized spacial score (nSPS) is 15.3. The largest absolute Gasteiger partial charge is 0.408 e. The van der Waals surface area contributed by atoms with E-state index in [1.54, 1.807) is 0 Å². The summed E-state index contributed by atoms with van der Waals surface area (Å²) in [5.74, 6) is 1.28. The standard InChI is InChI=1S/C11H14N4O/c1-15-6-2-3-9(15)7-12-11-14-13-10(16-11)8-4-5-8/h2-3,6,8H,4-5,7H2,1H3,(H,12,14). The van der Waals surface area contributed by atoms with Gasteiger partial charge in [-0.1, -0.05) is 5.10 Å². The lowest BCUT2D eigenvalue weighted by Crippen LogP contribution is -2.03. The van der Waals surface area contributed by atoms with Crippen LogP contribution in [0.25, 0.3) is 0 Å². The molecule has 0 spiro atoms. The maximum Gasteiger partial charge on any atom is 0.315 e. The van der Waals surface area contributed by atoms with Crippen molar-refractivity contribution >= 4 is 6.01 Å². The van der Waals surface area contributed by atoms with Gasteiger partial charge < -0.3 is 14.3 Å². The number of anilines is 1. The lowest BCUT2D eigenvalue weighted by Gasteiger charge is -2.02. The van der Waals surface area contributed by atoms with Gasteiger partial charge in [0.1, 0.15) is 0 Å². The van der Waals surface area contributed by atoms with Crippen molar-refractivity contribution in [3.8, 4) is 0 Å². The van der Waals surface area contributed by atoms with E-state index in [9.17, 15) is 0 Å². The van der Waals surface area contributed by atoms with Crippen molar-refractivity contribution in [3.63, 3.8) is 0 Å². The average molecular weight is 218 g/mol. The fourth-order valence-electron chi connectivity index (χ4n) is 1.65. The summed E-state index contributed by atoms with van der Waals surface area (Å²) in [7, 11) is 2.01. The Hall–Kier alpha value is -1.78. The number of nitrogens with one attached hydrogen (secondary N) is 1. The number of rotatable bonds is 4. The van der Waals surface area contributed by atoms with Crippen LogP contribution in [0.15, 0.2) is 22.7 Å². The van der Waals surface area contributed by atoms with E-state index in [1.807, 2.05) is 19.3 Å². The Balaban J connectivity index is 1.63. The second kappa shape index (κ2) is 3.66. The maximum absolute atomic E-state index is 5.50. The van der Waals surface area contributed by atoms with Gasteiger partial charge in [0.25, 0.3) is 0 Å². The lowest BCUT2D eigenvalue weighted by molar-refractivity contribution is 0.506. The van der Waals surface area contributed by atoms with Gasteiger partial charge >= 0.3 is 6.01 Å². The van der Waals surface area contributed by atoms with Crippen molar-refractivity contribution in [1.82, 2.24) is 14.8 Å². The molecule has 2 aromatic rings. The van der Waals surface area contributed by atoms with E-state index in [0.717, 1.165) is 5.89 Å². The van der Waals surface area contributed by atoms with Crippen LogP contribution in [-0.4, -0.2) is 14.8 Å². The molecule has 0 aliphatic heterocycles. The molecule has 1 N–H and O–H groups in total.